The minimum Gasteiger partial charge on any atom is -0.400 e. The van der Waals surface area contributed by atoms with Crippen molar-refractivity contribution in [2.75, 3.05) is 66.6 Å². The molecule has 0 bridgehead atoms. The van der Waals surface area contributed by atoms with Gasteiger partial charge in [-0.25, -0.2) is 44.9 Å². The summed E-state index contributed by atoms with van der Waals surface area (Å²) in [5, 5.41) is 7.27. The Balaban J connectivity index is 0.000000186. The first-order chi connectivity index (χ1) is 37.1. The Labute approximate surface area is 458 Å². The summed E-state index contributed by atoms with van der Waals surface area (Å²) in [6.07, 6.45) is 11.6. The van der Waals surface area contributed by atoms with Crippen LogP contribution in [0.15, 0.2) is 86.5 Å². The highest BCUT2D eigenvalue weighted by Crippen LogP contribution is 2.32. The van der Waals surface area contributed by atoms with E-state index in [4.69, 9.17) is 33.9 Å². The first-order valence-electron chi connectivity index (χ1n) is 25.1. The molecule has 3 aromatic carbocycles. The number of aromatic nitrogens is 12. The number of nitrogens with zero attached hydrogens (tertiary/aromatic N) is 15. The number of hydrogen-bond donors (Lipinski definition) is 4. The highest BCUT2D eigenvalue weighted by molar-refractivity contribution is 6.34. The zero-order valence-corrected chi connectivity index (χ0v) is 47.2. The molecule has 0 fully saturated rings. The number of amides is 3. The molecule has 0 aliphatic heterocycles. The summed E-state index contributed by atoms with van der Waals surface area (Å²) in [5.74, 6) is 3.87. The van der Waals surface area contributed by atoms with Gasteiger partial charge in [0.05, 0.1) is 33.1 Å². The number of benzene rings is 3. The summed E-state index contributed by atoms with van der Waals surface area (Å²) in [6, 6.07) is 14.6. The van der Waals surface area contributed by atoms with Crippen molar-refractivity contribution < 1.29 is 19.5 Å². The lowest BCUT2D eigenvalue weighted by Gasteiger charge is -2.16. The smallest absolute Gasteiger partial charge is 0.253 e. The number of rotatable bonds is 12. The number of anilines is 3. The summed E-state index contributed by atoms with van der Waals surface area (Å²) < 4.78 is 5.49. The maximum atomic E-state index is 12.6. The molecule has 0 saturated heterocycles. The van der Waals surface area contributed by atoms with Gasteiger partial charge in [0.25, 0.3) is 17.7 Å². The Bertz CT molecular complexity index is 3430. The number of aliphatic hydroxyl groups excluding tert-OH is 1. The predicted octanol–water partition coefficient (Wildman–Crippen LogP) is 7.16. The van der Waals surface area contributed by atoms with Gasteiger partial charge in [-0.2, -0.15) is 0 Å². The number of aliphatic hydroxyl groups is 1. The Morgan fingerprint density at radius 1 is 0.487 bits per heavy atom. The number of imidazole rings is 3. The molecule has 9 rings (SSSR count). The second-order valence-corrected chi connectivity index (χ2v) is 20.5. The van der Waals surface area contributed by atoms with E-state index < -0.39 is 0 Å². The number of halogens is 1. The number of fused-ring (bicyclic) bond motifs is 3. The van der Waals surface area contributed by atoms with Crippen LogP contribution in [0.5, 0.6) is 0 Å². The third kappa shape index (κ3) is 13.0. The maximum Gasteiger partial charge on any atom is 0.253 e. The van der Waals surface area contributed by atoms with E-state index in [2.05, 4.69) is 86.4 Å². The highest BCUT2D eigenvalue weighted by atomic mass is 35.5. The molecule has 7 N–H and O–H groups in total. The van der Waals surface area contributed by atoms with Crippen molar-refractivity contribution in [3.8, 4) is 17.5 Å². The van der Waals surface area contributed by atoms with Gasteiger partial charge < -0.3 is 37.0 Å². The third-order valence-corrected chi connectivity index (χ3v) is 12.4. The molecule has 410 valence electrons. The zero-order chi connectivity index (χ0) is 57.3. The molecule has 22 nitrogen and oxygen atoms in total. The third-order valence-electron chi connectivity index (χ3n) is 12.1. The molecule has 0 unspecified atom stereocenters. The van der Waals surface area contributed by atoms with Crippen molar-refractivity contribution >= 4 is 79.9 Å². The van der Waals surface area contributed by atoms with E-state index in [9.17, 15) is 14.4 Å². The van der Waals surface area contributed by atoms with Crippen LogP contribution in [0, 0.1) is 17.8 Å². The quantitative estimate of drug-likeness (QED) is 0.0944. The topological polar surface area (TPSA) is 290 Å². The van der Waals surface area contributed by atoms with Gasteiger partial charge in [0.1, 0.15) is 72.1 Å². The van der Waals surface area contributed by atoms with Crippen LogP contribution in [-0.4, -0.2) is 145 Å². The summed E-state index contributed by atoms with van der Waals surface area (Å²) in [4.78, 5) is 80.7. The van der Waals surface area contributed by atoms with Crippen molar-refractivity contribution in [3.63, 3.8) is 0 Å². The van der Waals surface area contributed by atoms with E-state index in [0.717, 1.165) is 76.2 Å². The van der Waals surface area contributed by atoms with Crippen LogP contribution < -0.4 is 17.2 Å². The van der Waals surface area contributed by atoms with Crippen molar-refractivity contribution in [2.24, 2.45) is 17.8 Å². The van der Waals surface area contributed by atoms with E-state index in [-0.39, 0.29) is 28.6 Å². The molecule has 6 aromatic heterocycles. The molecule has 0 aliphatic rings. The lowest BCUT2D eigenvalue weighted by molar-refractivity contribution is 0.0819. The minimum atomic E-state index is -0.0404. The molecule has 0 radical (unpaired) electrons. The van der Waals surface area contributed by atoms with Gasteiger partial charge in [-0.05, 0) is 90.1 Å². The number of carbonyl (C=O) groups excluding carboxylic acids is 3. The molecule has 0 aliphatic carbocycles. The lowest BCUT2D eigenvalue weighted by Crippen LogP contribution is -2.23. The Kier molecular flexibility index (Phi) is 19.1. The molecule has 9 aromatic rings. The molecule has 6 heterocycles. The monoisotopic (exact) mass is 1080 g/mol. The lowest BCUT2D eigenvalue weighted by atomic mass is 9.95. The van der Waals surface area contributed by atoms with Crippen molar-refractivity contribution in [3.05, 3.63) is 125 Å². The van der Waals surface area contributed by atoms with Crippen molar-refractivity contribution in [2.45, 2.75) is 60.8 Å². The van der Waals surface area contributed by atoms with Gasteiger partial charge in [0.15, 0.2) is 5.82 Å². The van der Waals surface area contributed by atoms with E-state index in [1.165, 1.54) is 19.0 Å². The summed E-state index contributed by atoms with van der Waals surface area (Å²) >= 11 is 6.27. The number of nitrogen functional groups attached to an aromatic ring is 3. The molecule has 23 heteroatoms. The summed E-state index contributed by atoms with van der Waals surface area (Å²) in [5.41, 5.74) is 27.2. The zero-order valence-electron chi connectivity index (χ0n) is 46.4. The van der Waals surface area contributed by atoms with E-state index >= 15 is 0 Å². The van der Waals surface area contributed by atoms with Gasteiger partial charge in [0.2, 0.25) is 0 Å². The molecular weight excluding hydrogens is 1010 g/mol. The Morgan fingerprint density at radius 3 is 1.13 bits per heavy atom. The first-order valence-corrected chi connectivity index (χ1v) is 25.4. The fourth-order valence-electron chi connectivity index (χ4n) is 8.65. The fourth-order valence-corrected chi connectivity index (χ4v) is 8.84. The summed E-state index contributed by atoms with van der Waals surface area (Å²) in [7, 11) is 11.5. The average Bonchev–Trinajstić information content (AvgIpc) is 4.27. The van der Waals surface area contributed by atoms with Crippen LogP contribution in [0.1, 0.15) is 89.3 Å². The fraction of sp³-hybridized carbons (Fsp3) is 0.345. The molecule has 78 heavy (non-hydrogen) atoms. The maximum absolute atomic E-state index is 12.6. The van der Waals surface area contributed by atoms with Crippen LogP contribution >= 0.6 is 11.6 Å². The van der Waals surface area contributed by atoms with E-state index in [0.29, 0.717) is 63.5 Å². The van der Waals surface area contributed by atoms with Gasteiger partial charge in [-0.3, -0.25) is 28.1 Å². The minimum absolute atomic E-state index is 0.0154. The van der Waals surface area contributed by atoms with E-state index in [1.54, 1.807) is 92.7 Å². The standard InChI is InChI=1S/C18H21ClN6O.2C18H22N6O.CH4O/c1-10(2)7-12-11(18(26)24(3)4)5-6-13-15(12)23-9-25(13)17-14(19)16(20)21-8-22-17;2*1-11(2)7-13-12(18(25)23(3)4)5-6-14-17(13)22-10-24(14)16-8-15(19)20-9-21-16;1-2/h5-6,8-10H,7H2,1-4H3,(H2,20,21,22);2*5-6,8-11H,7H2,1-4H3,(H2,19,20,21);2H,1H3. The molecular formula is C55H69ClN18O4. The Morgan fingerprint density at radius 2 is 0.808 bits per heavy atom. The highest BCUT2D eigenvalue weighted by Gasteiger charge is 2.24. The van der Waals surface area contributed by atoms with Crippen LogP contribution in [0.25, 0.3) is 50.6 Å². The average molecular weight is 1080 g/mol. The molecule has 3 amide bonds. The van der Waals surface area contributed by atoms with Gasteiger partial charge in [0, 0.05) is 78.2 Å². The Hall–Kier alpha value is -8.63. The number of hydrogen-bond acceptors (Lipinski definition) is 16. The molecule has 0 spiro atoms. The van der Waals surface area contributed by atoms with Crippen LogP contribution in [0.4, 0.5) is 17.5 Å². The van der Waals surface area contributed by atoms with Crippen LogP contribution in [0.2, 0.25) is 5.02 Å². The molecule has 0 saturated carbocycles. The van der Waals surface area contributed by atoms with Crippen molar-refractivity contribution in [1.82, 2.24) is 73.3 Å². The largest absolute Gasteiger partial charge is 0.400 e. The van der Waals surface area contributed by atoms with Crippen LogP contribution in [0.3, 0.4) is 0 Å². The number of carbonyl (C=O) groups is 3. The predicted molar refractivity (Wildman–Crippen MR) is 306 cm³/mol. The normalized spacial score (nSPS) is 11.1. The van der Waals surface area contributed by atoms with Gasteiger partial charge in [-0.1, -0.05) is 53.1 Å². The first kappa shape index (κ1) is 58.6. The second-order valence-electron chi connectivity index (χ2n) is 20.1. The number of nitrogens with two attached hydrogens (primary N) is 3. The van der Waals surface area contributed by atoms with Gasteiger partial charge >= 0.3 is 0 Å². The SMILES string of the molecule is CC(C)Cc1c(C(=O)N(C)C)ccc2c1ncn2-c1cc(N)ncn1.CC(C)Cc1c(C(=O)N(C)C)ccc2c1ncn2-c1cc(N)ncn1.CC(C)Cc1c(C(=O)N(C)C)ccc2c1ncn2-c1ncnc(N)c1Cl.CO. The van der Waals surface area contributed by atoms with E-state index in [1.807, 2.05) is 45.5 Å². The van der Waals surface area contributed by atoms with Crippen molar-refractivity contribution in [1.29, 1.82) is 0 Å². The molecule has 0 atom stereocenters. The van der Waals surface area contributed by atoms with Gasteiger partial charge in [-0.15, -0.1) is 0 Å². The van der Waals surface area contributed by atoms with Crippen LogP contribution in [-0.2, 0) is 19.3 Å². The summed E-state index contributed by atoms with van der Waals surface area (Å²) in [6.45, 7) is 12.7. The second kappa shape index (κ2) is 25.5.